The molecule has 0 amide bonds. The van der Waals surface area contributed by atoms with Crippen LogP contribution in [0.25, 0.3) is 33.5 Å². The fraction of sp³-hybridized carbons (Fsp3) is 0.115. The van der Waals surface area contributed by atoms with Crippen LogP contribution in [0.3, 0.4) is 0 Å². The quantitative estimate of drug-likeness (QED) is 0.352. The molecule has 0 aliphatic heterocycles. The van der Waals surface area contributed by atoms with Gasteiger partial charge in [0.1, 0.15) is 5.01 Å². The van der Waals surface area contributed by atoms with Crippen LogP contribution in [-0.2, 0) is 5.41 Å². The molecule has 1 heterocycles. The van der Waals surface area contributed by atoms with Crippen LogP contribution in [0.5, 0.6) is 0 Å². The highest BCUT2D eigenvalue weighted by atomic mass is 32.1. The number of benzene rings is 3. The van der Waals surface area contributed by atoms with E-state index in [9.17, 15) is 0 Å². The van der Waals surface area contributed by atoms with Crippen LogP contribution in [0.15, 0.2) is 60.7 Å². The van der Waals surface area contributed by atoms with Crippen molar-refractivity contribution in [1.82, 2.24) is 4.98 Å². The highest BCUT2D eigenvalue weighted by Crippen LogP contribution is 2.49. The van der Waals surface area contributed by atoms with Gasteiger partial charge in [0, 0.05) is 11.0 Å². The van der Waals surface area contributed by atoms with Gasteiger partial charge in [0.15, 0.2) is 0 Å². The number of aromatic nitrogens is 1. The van der Waals surface area contributed by atoms with E-state index < -0.39 is 0 Å². The van der Waals surface area contributed by atoms with Gasteiger partial charge >= 0.3 is 0 Å². The molecule has 0 fully saturated rings. The molecular weight excluding hydrogens is 358 g/mol. The standard InChI is InChI=1S/C26H19NS/c1-4-17-9-12-19-20-13-10-18(16-22(20)26(2,3)21(19)15-17)11-14-25-27-23-7-5-6-8-24(23)28-25/h1,5-16H,2-3H3/b14-11+. The van der Waals surface area contributed by atoms with E-state index in [1.165, 1.54) is 32.5 Å². The second-order valence-corrected chi connectivity index (χ2v) is 8.75. The second-order valence-electron chi connectivity index (χ2n) is 7.69. The lowest BCUT2D eigenvalue weighted by atomic mass is 9.81. The maximum Gasteiger partial charge on any atom is 0.117 e. The van der Waals surface area contributed by atoms with Crippen LogP contribution in [0.1, 0.15) is 41.1 Å². The average Bonchev–Trinajstić information content (AvgIpc) is 3.23. The summed E-state index contributed by atoms with van der Waals surface area (Å²) < 4.78 is 1.22. The molecule has 0 radical (unpaired) electrons. The van der Waals surface area contributed by atoms with Gasteiger partial charge in [-0.05, 0) is 58.2 Å². The van der Waals surface area contributed by atoms with Crippen molar-refractivity contribution in [3.63, 3.8) is 0 Å². The molecule has 3 aromatic carbocycles. The van der Waals surface area contributed by atoms with E-state index in [2.05, 4.69) is 80.5 Å². The van der Waals surface area contributed by atoms with Crippen molar-refractivity contribution >= 4 is 33.7 Å². The molecule has 0 unspecified atom stereocenters. The normalized spacial score (nSPS) is 14.2. The molecule has 1 aliphatic rings. The first-order valence-electron chi connectivity index (χ1n) is 9.36. The largest absolute Gasteiger partial charge is 0.237 e. The summed E-state index contributed by atoms with van der Waals surface area (Å²) >= 11 is 1.72. The SMILES string of the molecule is C#Cc1ccc2c(c1)C(C)(C)c1cc(/C=C/c3nc4ccccc4s3)ccc1-2. The number of para-hydroxylation sites is 1. The molecule has 0 N–H and O–H groups in total. The molecule has 0 atom stereocenters. The third kappa shape index (κ3) is 2.59. The zero-order valence-corrected chi connectivity index (χ0v) is 16.7. The Morgan fingerprint density at radius 1 is 0.929 bits per heavy atom. The summed E-state index contributed by atoms with van der Waals surface area (Å²) in [5.74, 6) is 2.77. The number of hydrogen-bond acceptors (Lipinski definition) is 2. The van der Waals surface area contributed by atoms with E-state index >= 15 is 0 Å². The Balaban J connectivity index is 1.53. The maximum absolute atomic E-state index is 5.62. The lowest BCUT2D eigenvalue weighted by Gasteiger charge is -2.22. The lowest BCUT2D eigenvalue weighted by Crippen LogP contribution is -2.15. The van der Waals surface area contributed by atoms with Crippen LogP contribution in [-0.4, -0.2) is 4.98 Å². The molecule has 5 rings (SSSR count). The Morgan fingerprint density at radius 3 is 2.46 bits per heavy atom. The first kappa shape index (κ1) is 17.0. The molecular formula is C26H19NS. The summed E-state index contributed by atoms with van der Waals surface area (Å²) in [5, 5.41) is 1.03. The summed E-state index contributed by atoms with van der Waals surface area (Å²) in [5.41, 5.74) is 8.39. The van der Waals surface area contributed by atoms with E-state index in [-0.39, 0.29) is 5.41 Å². The van der Waals surface area contributed by atoms with Crippen LogP contribution in [0, 0.1) is 12.3 Å². The number of fused-ring (bicyclic) bond motifs is 4. The number of hydrogen-bond donors (Lipinski definition) is 0. The molecule has 134 valence electrons. The molecule has 0 bridgehead atoms. The number of terminal acetylenes is 1. The average molecular weight is 378 g/mol. The van der Waals surface area contributed by atoms with E-state index in [4.69, 9.17) is 11.4 Å². The van der Waals surface area contributed by atoms with Gasteiger partial charge in [0.05, 0.1) is 10.2 Å². The fourth-order valence-electron chi connectivity index (χ4n) is 4.08. The summed E-state index contributed by atoms with van der Waals surface area (Å²) in [6, 6.07) is 21.3. The van der Waals surface area contributed by atoms with Crippen LogP contribution in [0.4, 0.5) is 0 Å². The van der Waals surface area contributed by atoms with E-state index in [0.29, 0.717) is 0 Å². The zero-order chi connectivity index (χ0) is 19.3. The molecule has 0 spiro atoms. The molecule has 1 aliphatic carbocycles. The van der Waals surface area contributed by atoms with Gasteiger partial charge in [-0.15, -0.1) is 17.8 Å². The summed E-state index contributed by atoms with van der Waals surface area (Å²) in [4.78, 5) is 4.69. The van der Waals surface area contributed by atoms with Gasteiger partial charge in [0.2, 0.25) is 0 Å². The first-order chi connectivity index (χ1) is 13.6. The molecule has 2 heteroatoms. The van der Waals surface area contributed by atoms with Crippen molar-refractivity contribution in [2.24, 2.45) is 0 Å². The van der Waals surface area contributed by atoms with E-state index in [1.54, 1.807) is 11.3 Å². The Morgan fingerprint density at radius 2 is 1.68 bits per heavy atom. The summed E-state index contributed by atoms with van der Waals surface area (Å²) in [7, 11) is 0. The van der Waals surface area contributed by atoms with Crippen LogP contribution >= 0.6 is 11.3 Å². The van der Waals surface area contributed by atoms with Crippen LogP contribution in [0.2, 0.25) is 0 Å². The molecule has 4 aromatic rings. The van der Waals surface area contributed by atoms with Gasteiger partial charge in [-0.3, -0.25) is 0 Å². The Kier molecular flexibility index (Phi) is 3.75. The van der Waals surface area contributed by atoms with Gasteiger partial charge in [-0.1, -0.05) is 62.2 Å². The van der Waals surface area contributed by atoms with E-state index in [1.807, 2.05) is 12.1 Å². The molecule has 0 saturated heterocycles. The Hall–Kier alpha value is -3.15. The minimum absolute atomic E-state index is 0.0583. The molecule has 1 nitrogen and oxygen atoms in total. The minimum atomic E-state index is -0.0583. The molecule has 28 heavy (non-hydrogen) atoms. The van der Waals surface area contributed by atoms with Crippen LogP contribution < -0.4 is 0 Å². The summed E-state index contributed by atoms with van der Waals surface area (Å²) in [6.45, 7) is 4.55. The number of nitrogens with zero attached hydrogens (tertiary/aromatic N) is 1. The van der Waals surface area contributed by atoms with Crippen molar-refractivity contribution in [2.75, 3.05) is 0 Å². The highest BCUT2D eigenvalue weighted by molar-refractivity contribution is 7.19. The molecule has 1 aromatic heterocycles. The third-order valence-electron chi connectivity index (χ3n) is 5.60. The number of thiazole rings is 1. The van der Waals surface area contributed by atoms with Gasteiger partial charge in [-0.2, -0.15) is 0 Å². The van der Waals surface area contributed by atoms with Crippen molar-refractivity contribution in [3.05, 3.63) is 87.9 Å². The minimum Gasteiger partial charge on any atom is -0.237 e. The van der Waals surface area contributed by atoms with Crippen molar-refractivity contribution < 1.29 is 0 Å². The predicted molar refractivity (Wildman–Crippen MR) is 120 cm³/mol. The fourth-order valence-corrected chi connectivity index (χ4v) is 4.95. The summed E-state index contributed by atoms with van der Waals surface area (Å²) in [6.07, 6.45) is 9.89. The first-order valence-corrected chi connectivity index (χ1v) is 10.2. The smallest absolute Gasteiger partial charge is 0.117 e. The Labute approximate surface area is 169 Å². The highest BCUT2D eigenvalue weighted by Gasteiger charge is 2.35. The van der Waals surface area contributed by atoms with Gasteiger partial charge < -0.3 is 0 Å². The van der Waals surface area contributed by atoms with Gasteiger partial charge in [-0.25, -0.2) is 4.98 Å². The van der Waals surface area contributed by atoms with Crippen molar-refractivity contribution in [1.29, 1.82) is 0 Å². The monoisotopic (exact) mass is 377 g/mol. The van der Waals surface area contributed by atoms with Crippen molar-refractivity contribution in [3.8, 4) is 23.5 Å². The maximum atomic E-state index is 5.62. The molecule has 0 saturated carbocycles. The van der Waals surface area contributed by atoms with Gasteiger partial charge in [0.25, 0.3) is 0 Å². The van der Waals surface area contributed by atoms with E-state index in [0.717, 1.165) is 16.1 Å². The zero-order valence-electron chi connectivity index (χ0n) is 15.9. The second kappa shape index (κ2) is 6.19. The van der Waals surface area contributed by atoms with Crippen molar-refractivity contribution in [2.45, 2.75) is 19.3 Å². The number of rotatable bonds is 2. The Bertz CT molecular complexity index is 1260. The topological polar surface area (TPSA) is 12.9 Å². The third-order valence-corrected chi connectivity index (χ3v) is 6.60. The lowest BCUT2D eigenvalue weighted by molar-refractivity contribution is 0.660. The predicted octanol–water partition coefficient (Wildman–Crippen LogP) is 6.75.